The minimum atomic E-state index is -3.62. The zero-order valence-corrected chi connectivity index (χ0v) is 19.8. The van der Waals surface area contributed by atoms with Crippen LogP contribution in [-0.2, 0) is 28.0 Å². The standard InChI is InChI=1S/C26H28N2O5S/c1-32-25-18-23(12-13-24(25)33-20-22-10-6-3-7-11-22)19-27-26(29)14-16-28-34(30,31)17-15-21-8-4-2-5-9-21/h2-13,15,17-18,28H,14,16,19-20H2,1H3,(H,27,29)/b17-15+. The number of methoxy groups -OCH3 is 1. The maximum Gasteiger partial charge on any atom is 0.233 e. The van der Waals surface area contributed by atoms with Gasteiger partial charge in [0.25, 0.3) is 0 Å². The third-order valence-electron chi connectivity index (χ3n) is 4.85. The van der Waals surface area contributed by atoms with Crippen molar-refractivity contribution in [3.05, 3.63) is 101 Å². The van der Waals surface area contributed by atoms with E-state index in [0.29, 0.717) is 18.1 Å². The molecule has 0 heterocycles. The van der Waals surface area contributed by atoms with Gasteiger partial charge in [0.1, 0.15) is 6.61 Å². The van der Waals surface area contributed by atoms with E-state index < -0.39 is 10.0 Å². The molecular formula is C26H28N2O5S. The Morgan fingerprint density at radius 1 is 0.912 bits per heavy atom. The Kier molecular flexibility index (Phi) is 9.25. The van der Waals surface area contributed by atoms with Crippen molar-refractivity contribution in [2.24, 2.45) is 0 Å². The van der Waals surface area contributed by atoms with E-state index in [2.05, 4.69) is 10.0 Å². The van der Waals surface area contributed by atoms with E-state index in [1.54, 1.807) is 31.4 Å². The molecule has 0 fully saturated rings. The summed E-state index contributed by atoms with van der Waals surface area (Å²) in [5, 5.41) is 3.87. The fraction of sp³-hybridized carbons (Fsp3) is 0.192. The van der Waals surface area contributed by atoms with Gasteiger partial charge < -0.3 is 14.8 Å². The highest BCUT2D eigenvalue weighted by Crippen LogP contribution is 2.28. The molecule has 0 aliphatic heterocycles. The molecule has 0 bridgehead atoms. The summed E-state index contributed by atoms with van der Waals surface area (Å²) in [7, 11) is -2.06. The minimum absolute atomic E-state index is 0.00286. The van der Waals surface area contributed by atoms with Crippen molar-refractivity contribution in [1.82, 2.24) is 10.0 Å². The Labute approximate surface area is 200 Å². The van der Waals surface area contributed by atoms with E-state index in [0.717, 1.165) is 22.1 Å². The monoisotopic (exact) mass is 480 g/mol. The molecule has 0 aliphatic carbocycles. The van der Waals surface area contributed by atoms with Gasteiger partial charge in [0.15, 0.2) is 11.5 Å². The Morgan fingerprint density at radius 2 is 1.62 bits per heavy atom. The Hall–Kier alpha value is -3.62. The van der Waals surface area contributed by atoms with Gasteiger partial charge in [-0.25, -0.2) is 13.1 Å². The van der Waals surface area contributed by atoms with E-state index in [1.807, 2.05) is 54.6 Å². The molecule has 0 saturated carbocycles. The molecular weight excluding hydrogens is 452 g/mol. The van der Waals surface area contributed by atoms with Crippen LogP contribution in [0.2, 0.25) is 0 Å². The normalized spacial score (nSPS) is 11.3. The lowest BCUT2D eigenvalue weighted by atomic mass is 10.2. The molecule has 3 aromatic rings. The van der Waals surface area contributed by atoms with Gasteiger partial charge in [-0.1, -0.05) is 66.7 Å². The van der Waals surface area contributed by atoms with Crippen LogP contribution in [0.25, 0.3) is 6.08 Å². The number of sulfonamides is 1. The molecule has 0 saturated heterocycles. The van der Waals surface area contributed by atoms with Crippen LogP contribution in [0.1, 0.15) is 23.1 Å². The van der Waals surface area contributed by atoms with E-state index in [4.69, 9.17) is 9.47 Å². The lowest BCUT2D eigenvalue weighted by molar-refractivity contribution is -0.121. The van der Waals surface area contributed by atoms with Crippen molar-refractivity contribution in [2.45, 2.75) is 19.6 Å². The van der Waals surface area contributed by atoms with Gasteiger partial charge in [-0.15, -0.1) is 0 Å². The van der Waals surface area contributed by atoms with Crippen molar-refractivity contribution in [3.63, 3.8) is 0 Å². The first-order valence-corrected chi connectivity index (χ1v) is 12.3. The average molecular weight is 481 g/mol. The maximum atomic E-state index is 12.1. The average Bonchev–Trinajstić information content (AvgIpc) is 2.86. The largest absolute Gasteiger partial charge is 0.493 e. The summed E-state index contributed by atoms with van der Waals surface area (Å²) < 4.78 is 37.8. The molecule has 0 aromatic heterocycles. The molecule has 2 N–H and O–H groups in total. The van der Waals surface area contributed by atoms with Crippen LogP contribution >= 0.6 is 0 Å². The first-order chi connectivity index (χ1) is 16.4. The quantitative estimate of drug-likeness (QED) is 0.411. The van der Waals surface area contributed by atoms with Gasteiger partial charge in [-0.3, -0.25) is 4.79 Å². The number of hydrogen-bond donors (Lipinski definition) is 2. The van der Waals surface area contributed by atoms with E-state index in [9.17, 15) is 13.2 Å². The molecule has 0 unspecified atom stereocenters. The molecule has 1 amide bonds. The second-order valence-corrected chi connectivity index (χ2v) is 9.09. The van der Waals surface area contributed by atoms with Gasteiger partial charge in [0.2, 0.25) is 15.9 Å². The topological polar surface area (TPSA) is 93.7 Å². The van der Waals surface area contributed by atoms with Crippen molar-refractivity contribution in [3.8, 4) is 11.5 Å². The summed E-state index contributed by atoms with van der Waals surface area (Å²) in [5.74, 6) is 0.915. The number of carbonyl (C=O) groups excluding carboxylic acids is 1. The number of carbonyl (C=O) groups is 1. The van der Waals surface area contributed by atoms with Gasteiger partial charge >= 0.3 is 0 Å². The minimum Gasteiger partial charge on any atom is -0.493 e. The molecule has 0 atom stereocenters. The number of amides is 1. The number of benzene rings is 3. The van der Waals surface area contributed by atoms with Crippen LogP contribution in [0, 0.1) is 0 Å². The van der Waals surface area contributed by atoms with Crippen LogP contribution < -0.4 is 19.5 Å². The number of nitrogens with one attached hydrogen (secondary N) is 2. The van der Waals surface area contributed by atoms with E-state index in [1.165, 1.54) is 6.08 Å². The molecule has 34 heavy (non-hydrogen) atoms. The first kappa shape index (κ1) is 25.0. The molecule has 0 radical (unpaired) electrons. The van der Waals surface area contributed by atoms with Crippen molar-refractivity contribution < 1.29 is 22.7 Å². The summed E-state index contributed by atoms with van der Waals surface area (Å²) in [6.45, 7) is 0.710. The molecule has 3 aromatic carbocycles. The van der Waals surface area contributed by atoms with Gasteiger partial charge in [-0.2, -0.15) is 0 Å². The second-order valence-electron chi connectivity index (χ2n) is 7.44. The van der Waals surface area contributed by atoms with Crippen molar-refractivity contribution >= 4 is 22.0 Å². The summed E-state index contributed by atoms with van der Waals surface area (Å²) in [5.41, 5.74) is 2.66. The van der Waals surface area contributed by atoms with Gasteiger partial charge in [0, 0.05) is 24.9 Å². The zero-order chi connectivity index (χ0) is 24.2. The van der Waals surface area contributed by atoms with Crippen LogP contribution in [0.3, 0.4) is 0 Å². The van der Waals surface area contributed by atoms with E-state index in [-0.39, 0.29) is 25.4 Å². The molecule has 0 spiro atoms. The molecule has 178 valence electrons. The summed E-state index contributed by atoms with van der Waals surface area (Å²) in [6, 6.07) is 24.4. The van der Waals surface area contributed by atoms with Crippen molar-refractivity contribution in [2.75, 3.05) is 13.7 Å². The summed E-state index contributed by atoms with van der Waals surface area (Å²) in [4.78, 5) is 12.1. The predicted molar refractivity (Wildman–Crippen MR) is 133 cm³/mol. The van der Waals surface area contributed by atoms with Crippen LogP contribution in [0.5, 0.6) is 11.5 Å². The molecule has 8 heteroatoms. The fourth-order valence-corrected chi connectivity index (χ4v) is 3.87. The second kappa shape index (κ2) is 12.6. The van der Waals surface area contributed by atoms with Gasteiger partial charge in [0.05, 0.1) is 7.11 Å². The predicted octanol–water partition coefficient (Wildman–Crippen LogP) is 3.87. The van der Waals surface area contributed by atoms with Gasteiger partial charge in [-0.05, 0) is 34.9 Å². The van der Waals surface area contributed by atoms with Crippen LogP contribution in [0.15, 0.2) is 84.3 Å². The summed E-state index contributed by atoms with van der Waals surface area (Å²) in [6.07, 6.45) is 1.52. The molecule has 7 nitrogen and oxygen atoms in total. The highest BCUT2D eigenvalue weighted by molar-refractivity contribution is 7.92. The summed E-state index contributed by atoms with van der Waals surface area (Å²) >= 11 is 0. The maximum absolute atomic E-state index is 12.1. The SMILES string of the molecule is COc1cc(CNC(=O)CCNS(=O)(=O)/C=C/c2ccccc2)ccc1OCc1ccccc1. The number of rotatable bonds is 12. The fourth-order valence-electron chi connectivity index (χ4n) is 3.05. The highest BCUT2D eigenvalue weighted by Gasteiger charge is 2.09. The third-order valence-corrected chi connectivity index (χ3v) is 5.95. The molecule has 3 rings (SSSR count). The van der Waals surface area contributed by atoms with Crippen molar-refractivity contribution in [1.29, 1.82) is 0 Å². The van der Waals surface area contributed by atoms with Crippen LogP contribution in [0.4, 0.5) is 0 Å². The zero-order valence-electron chi connectivity index (χ0n) is 18.9. The number of hydrogen-bond acceptors (Lipinski definition) is 5. The Morgan fingerprint density at radius 3 is 2.32 bits per heavy atom. The lowest BCUT2D eigenvalue weighted by Crippen LogP contribution is -2.29. The molecule has 0 aliphatic rings. The highest BCUT2D eigenvalue weighted by atomic mass is 32.2. The Bertz CT molecular complexity index is 1200. The number of ether oxygens (including phenoxy) is 2. The lowest BCUT2D eigenvalue weighted by Gasteiger charge is -2.13. The van der Waals surface area contributed by atoms with E-state index >= 15 is 0 Å². The smallest absolute Gasteiger partial charge is 0.233 e. The van der Waals surface area contributed by atoms with Crippen LogP contribution in [-0.4, -0.2) is 28.0 Å². The third kappa shape index (κ3) is 8.38. The first-order valence-electron chi connectivity index (χ1n) is 10.8. The Balaban J connectivity index is 1.43.